The van der Waals surface area contributed by atoms with Crippen molar-refractivity contribution in [3.63, 3.8) is 0 Å². The first-order chi connectivity index (χ1) is 15.9. The largest absolute Gasteiger partial charge is 0.495 e. The fraction of sp³-hybridized carbons (Fsp3) is 0.320. The Balaban J connectivity index is 1.86. The van der Waals surface area contributed by atoms with E-state index in [1.54, 1.807) is 37.6 Å². The molecular weight excluding hydrogens is 438 g/mol. The second kappa shape index (κ2) is 11.5. The van der Waals surface area contributed by atoms with Gasteiger partial charge in [0.05, 0.1) is 40.5 Å². The molecule has 8 heteroatoms. The Bertz CT molecular complexity index is 1170. The lowest BCUT2D eigenvalue weighted by Gasteiger charge is -2.16. The first kappa shape index (κ1) is 24.3. The van der Waals surface area contributed by atoms with Crippen LogP contribution >= 0.6 is 11.6 Å². The Morgan fingerprint density at radius 1 is 1.21 bits per heavy atom. The zero-order chi connectivity index (χ0) is 23.8. The molecule has 3 aromatic rings. The van der Waals surface area contributed by atoms with Gasteiger partial charge in [0, 0.05) is 24.7 Å². The van der Waals surface area contributed by atoms with Crippen molar-refractivity contribution in [2.75, 3.05) is 39.6 Å². The first-order valence-electron chi connectivity index (χ1n) is 10.7. The zero-order valence-corrected chi connectivity index (χ0v) is 19.9. The van der Waals surface area contributed by atoms with E-state index in [4.69, 9.17) is 16.3 Å². The number of benzene rings is 2. The highest BCUT2D eigenvalue weighted by Gasteiger charge is 2.16. The number of hydrogen-bond donors (Lipinski definition) is 2. The Labute approximate surface area is 199 Å². The summed E-state index contributed by atoms with van der Waals surface area (Å²) in [4.78, 5) is 19.6. The molecule has 0 aliphatic carbocycles. The topological polar surface area (TPSA) is 90.3 Å². The van der Waals surface area contributed by atoms with Crippen LogP contribution in [0, 0.1) is 11.3 Å². The number of rotatable bonds is 10. The van der Waals surface area contributed by atoms with Crippen molar-refractivity contribution in [3.05, 3.63) is 64.3 Å². The van der Waals surface area contributed by atoms with E-state index >= 15 is 0 Å². The van der Waals surface area contributed by atoms with Crippen LogP contribution in [0.25, 0.3) is 10.9 Å². The van der Waals surface area contributed by atoms with Gasteiger partial charge in [-0.2, -0.15) is 5.26 Å². The highest BCUT2D eigenvalue weighted by Crippen LogP contribution is 2.29. The van der Waals surface area contributed by atoms with E-state index in [0.717, 1.165) is 24.9 Å². The number of pyridine rings is 1. The Morgan fingerprint density at radius 3 is 2.73 bits per heavy atom. The van der Waals surface area contributed by atoms with Gasteiger partial charge in [-0.3, -0.25) is 9.78 Å². The summed E-state index contributed by atoms with van der Waals surface area (Å²) >= 11 is 6.26. The van der Waals surface area contributed by atoms with Crippen molar-refractivity contribution in [1.29, 1.82) is 5.26 Å². The predicted octanol–water partition coefficient (Wildman–Crippen LogP) is 4.45. The molecule has 172 valence electrons. The van der Waals surface area contributed by atoms with Crippen LogP contribution in [-0.4, -0.2) is 50.1 Å². The Kier molecular flexibility index (Phi) is 8.47. The molecule has 3 rings (SSSR count). The number of halogens is 1. The lowest BCUT2D eigenvalue weighted by Crippen LogP contribution is -2.26. The molecule has 7 nitrogen and oxygen atoms in total. The summed E-state index contributed by atoms with van der Waals surface area (Å²) in [6.45, 7) is 1.99. The van der Waals surface area contributed by atoms with Crippen LogP contribution in [-0.2, 0) is 6.54 Å². The van der Waals surface area contributed by atoms with Crippen LogP contribution in [0.4, 0.5) is 5.69 Å². The number of carbonyl (C=O) groups excluding carboxylic acids is 1. The lowest BCUT2D eigenvalue weighted by atomic mass is 10.1. The second-order valence-electron chi connectivity index (χ2n) is 7.98. The van der Waals surface area contributed by atoms with E-state index in [9.17, 15) is 10.1 Å². The summed E-state index contributed by atoms with van der Waals surface area (Å²) < 4.78 is 5.22. The minimum Gasteiger partial charge on any atom is -0.495 e. The zero-order valence-electron chi connectivity index (χ0n) is 19.1. The van der Waals surface area contributed by atoms with Gasteiger partial charge in [-0.1, -0.05) is 17.7 Å². The number of nitriles is 1. The van der Waals surface area contributed by atoms with Gasteiger partial charge in [-0.25, -0.2) is 0 Å². The van der Waals surface area contributed by atoms with E-state index in [1.165, 1.54) is 0 Å². The normalized spacial score (nSPS) is 10.8. The molecule has 0 aliphatic rings. The van der Waals surface area contributed by atoms with E-state index < -0.39 is 0 Å². The number of hydrogen-bond acceptors (Lipinski definition) is 6. The van der Waals surface area contributed by atoms with Gasteiger partial charge in [-0.05, 0) is 69.4 Å². The van der Waals surface area contributed by atoms with Gasteiger partial charge in [-0.15, -0.1) is 0 Å². The van der Waals surface area contributed by atoms with E-state index in [1.807, 2.05) is 26.2 Å². The van der Waals surface area contributed by atoms with Gasteiger partial charge >= 0.3 is 0 Å². The number of methoxy groups -OCH3 is 1. The molecule has 0 aliphatic heterocycles. The van der Waals surface area contributed by atoms with Crippen molar-refractivity contribution >= 4 is 34.1 Å². The first-order valence-corrected chi connectivity index (χ1v) is 11.1. The Hall–Kier alpha value is -3.34. The summed E-state index contributed by atoms with van der Waals surface area (Å²) in [5.74, 6) is 0.398. The monoisotopic (exact) mass is 465 g/mol. The number of fused-ring (bicyclic) bond motifs is 1. The molecule has 0 spiro atoms. The van der Waals surface area contributed by atoms with Gasteiger partial charge in [0.15, 0.2) is 0 Å². The standard InChI is InChI=1S/C25H28ClN5O2/c1-31(2)11-5-4-10-28-25(32)20-16-29-22-8-6-17(14-27)12-19(22)24(20)30-15-18-7-9-23(33-3)21(26)13-18/h6-9,12-13,16H,4-5,10-11,15H2,1-3H3,(H,28,32)(H,29,30). The smallest absolute Gasteiger partial charge is 0.254 e. The third-order valence-corrected chi connectivity index (χ3v) is 5.54. The van der Waals surface area contributed by atoms with Crippen molar-refractivity contribution in [2.45, 2.75) is 19.4 Å². The summed E-state index contributed by atoms with van der Waals surface area (Å²) in [6.07, 6.45) is 3.46. The molecule has 2 N–H and O–H groups in total. The van der Waals surface area contributed by atoms with Crippen molar-refractivity contribution in [1.82, 2.24) is 15.2 Å². The van der Waals surface area contributed by atoms with Crippen LogP contribution in [0.3, 0.4) is 0 Å². The fourth-order valence-corrected chi connectivity index (χ4v) is 3.77. The van der Waals surface area contributed by atoms with Gasteiger partial charge < -0.3 is 20.3 Å². The van der Waals surface area contributed by atoms with Crippen molar-refractivity contribution < 1.29 is 9.53 Å². The van der Waals surface area contributed by atoms with Crippen LogP contribution in [0.5, 0.6) is 5.75 Å². The molecule has 0 bridgehead atoms. The van der Waals surface area contributed by atoms with Gasteiger partial charge in [0.2, 0.25) is 0 Å². The lowest BCUT2D eigenvalue weighted by molar-refractivity contribution is 0.0953. The number of anilines is 1. The number of ether oxygens (including phenoxy) is 1. The molecular formula is C25H28ClN5O2. The second-order valence-corrected chi connectivity index (χ2v) is 8.39. The van der Waals surface area contributed by atoms with Gasteiger partial charge in [0.25, 0.3) is 5.91 Å². The summed E-state index contributed by atoms with van der Waals surface area (Å²) in [6, 6.07) is 12.9. The molecule has 0 radical (unpaired) electrons. The van der Waals surface area contributed by atoms with Crippen LogP contribution < -0.4 is 15.4 Å². The van der Waals surface area contributed by atoms with Crippen molar-refractivity contribution in [3.8, 4) is 11.8 Å². The maximum atomic E-state index is 13.0. The van der Waals surface area contributed by atoms with E-state index in [0.29, 0.717) is 51.6 Å². The Morgan fingerprint density at radius 2 is 2.03 bits per heavy atom. The summed E-state index contributed by atoms with van der Waals surface area (Å²) in [5, 5.41) is 16.9. The molecule has 2 aromatic carbocycles. The number of unbranched alkanes of at least 4 members (excludes halogenated alkanes) is 1. The maximum absolute atomic E-state index is 13.0. The number of nitrogens with zero attached hydrogens (tertiary/aromatic N) is 3. The summed E-state index contributed by atoms with van der Waals surface area (Å²) in [7, 11) is 5.63. The van der Waals surface area contributed by atoms with Crippen LogP contribution in [0.15, 0.2) is 42.6 Å². The van der Waals surface area contributed by atoms with E-state index in [2.05, 4.69) is 26.6 Å². The van der Waals surface area contributed by atoms with Crippen LogP contribution in [0.1, 0.15) is 34.3 Å². The number of amides is 1. The molecule has 0 fully saturated rings. The van der Waals surface area contributed by atoms with Crippen molar-refractivity contribution in [2.24, 2.45) is 0 Å². The van der Waals surface area contributed by atoms with E-state index in [-0.39, 0.29) is 5.91 Å². The highest BCUT2D eigenvalue weighted by atomic mass is 35.5. The predicted molar refractivity (Wildman–Crippen MR) is 132 cm³/mol. The minimum atomic E-state index is -0.202. The number of carbonyl (C=O) groups is 1. The molecule has 1 aromatic heterocycles. The molecule has 0 saturated carbocycles. The molecule has 0 saturated heterocycles. The summed E-state index contributed by atoms with van der Waals surface area (Å²) in [5.41, 5.74) is 3.20. The maximum Gasteiger partial charge on any atom is 0.254 e. The van der Waals surface area contributed by atoms with Crippen LogP contribution in [0.2, 0.25) is 5.02 Å². The minimum absolute atomic E-state index is 0.202. The molecule has 1 heterocycles. The molecule has 0 unspecified atom stereocenters. The average Bonchev–Trinajstić information content (AvgIpc) is 2.81. The quantitative estimate of drug-likeness (QED) is 0.430. The number of aromatic nitrogens is 1. The third-order valence-electron chi connectivity index (χ3n) is 5.24. The third kappa shape index (κ3) is 6.35. The number of nitrogens with one attached hydrogen (secondary N) is 2. The SMILES string of the molecule is COc1ccc(CNc2c(C(=O)NCCCCN(C)C)cnc3ccc(C#N)cc23)cc1Cl. The molecule has 0 atom stereocenters. The highest BCUT2D eigenvalue weighted by molar-refractivity contribution is 6.32. The molecule has 1 amide bonds. The molecule has 33 heavy (non-hydrogen) atoms. The van der Waals surface area contributed by atoms with Gasteiger partial charge in [0.1, 0.15) is 5.75 Å². The fourth-order valence-electron chi connectivity index (χ4n) is 3.49. The average molecular weight is 466 g/mol.